The van der Waals surface area contributed by atoms with Gasteiger partial charge in [0.1, 0.15) is 23.9 Å². The van der Waals surface area contributed by atoms with Gasteiger partial charge in [-0.25, -0.2) is 0 Å². The van der Waals surface area contributed by atoms with E-state index >= 15 is 0 Å². The second kappa shape index (κ2) is 8.13. The summed E-state index contributed by atoms with van der Waals surface area (Å²) in [5, 5.41) is 17.2. The summed E-state index contributed by atoms with van der Waals surface area (Å²) in [6.45, 7) is 2.25. The van der Waals surface area contributed by atoms with Crippen LogP contribution in [0.5, 0.6) is 11.5 Å². The predicted octanol–water partition coefficient (Wildman–Crippen LogP) is 3.92. The lowest BCUT2D eigenvalue weighted by molar-refractivity contribution is -0.385. The fourth-order valence-electron chi connectivity index (χ4n) is 2.43. The summed E-state index contributed by atoms with van der Waals surface area (Å²) >= 11 is 0. The van der Waals surface area contributed by atoms with E-state index in [-0.39, 0.29) is 24.6 Å². The molecule has 0 atom stereocenters. The third-order valence-electron chi connectivity index (χ3n) is 3.76. The normalized spacial score (nSPS) is 10.4. The van der Waals surface area contributed by atoms with Gasteiger partial charge in [-0.1, -0.05) is 12.1 Å². The highest BCUT2D eigenvalue weighted by Crippen LogP contribution is 2.23. The molecule has 138 valence electrons. The van der Waals surface area contributed by atoms with Crippen molar-refractivity contribution >= 4 is 17.3 Å². The first-order valence-corrected chi connectivity index (χ1v) is 8.31. The number of carbonyl (C=O) groups is 1. The van der Waals surface area contributed by atoms with Gasteiger partial charge in [0, 0.05) is 18.7 Å². The molecule has 0 aliphatic rings. The van der Waals surface area contributed by atoms with Crippen molar-refractivity contribution in [3.8, 4) is 11.5 Å². The number of nitrogens with zero attached hydrogens (tertiary/aromatic N) is 3. The van der Waals surface area contributed by atoms with Crippen molar-refractivity contribution in [2.24, 2.45) is 0 Å². The van der Waals surface area contributed by atoms with Crippen LogP contribution in [0.3, 0.4) is 0 Å². The summed E-state index contributed by atoms with van der Waals surface area (Å²) in [6.07, 6.45) is 2.61. The summed E-state index contributed by atoms with van der Waals surface area (Å²) in [4.78, 5) is 22.1. The molecule has 1 N–H and O–H groups in total. The second-order valence-electron chi connectivity index (χ2n) is 5.96. The molecule has 8 heteroatoms. The number of benzene rings is 2. The Morgan fingerprint density at radius 1 is 1.22 bits per heavy atom. The quantitative estimate of drug-likeness (QED) is 0.505. The zero-order valence-corrected chi connectivity index (χ0v) is 14.7. The number of aromatic nitrogens is 2. The Morgan fingerprint density at radius 2 is 2.00 bits per heavy atom. The lowest BCUT2D eigenvalue weighted by Gasteiger charge is -2.08. The average molecular weight is 366 g/mol. The molecule has 0 bridgehead atoms. The van der Waals surface area contributed by atoms with Gasteiger partial charge in [-0.3, -0.25) is 19.6 Å². The zero-order valence-electron chi connectivity index (χ0n) is 14.7. The van der Waals surface area contributed by atoms with Crippen LogP contribution in [0, 0.1) is 17.0 Å². The monoisotopic (exact) mass is 366 g/mol. The highest BCUT2D eigenvalue weighted by atomic mass is 16.6. The maximum atomic E-state index is 12.0. The van der Waals surface area contributed by atoms with E-state index in [0.29, 0.717) is 11.4 Å². The summed E-state index contributed by atoms with van der Waals surface area (Å²) in [7, 11) is 0. The standard InChI is InChI=1S/C19H18N4O4/c1-14-3-2-4-18(11-14)27-17-7-5-15(6-8-17)21-19(24)9-10-22-13-16(12-20-22)23(25)26/h2-8,11-13H,9-10H2,1H3,(H,21,24). The highest BCUT2D eigenvalue weighted by molar-refractivity contribution is 5.90. The molecular formula is C19H18N4O4. The predicted molar refractivity (Wildman–Crippen MR) is 99.8 cm³/mol. The maximum absolute atomic E-state index is 12.0. The number of ether oxygens (including phenoxy) is 1. The van der Waals surface area contributed by atoms with Crippen LogP contribution < -0.4 is 10.1 Å². The van der Waals surface area contributed by atoms with E-state index < -0.39 is 4.92 Å². The van der Waals surface area contributed by atoms with Gasteiger partial charge in [0.2, 0.25) is 5.91 Å². The van der Waals surface area contributed by atoms with Crippen molar-refractivity contribution < 1.29 is 14.5 Å². The number of hydrogen-bond donors (Lipinski definition) is 1. The SMILES string of the molecule is Cc1cccc(Oc2ccc(NC(=O)CCn3cc([N+](=O)[O-])cn3)cc2)c1. The summed E-state index contributed by atoms with van der Waals surface area (Å²) < 4.78 is 7.14. The zero-order chi connectivity index (χ0) is 19.2. The number of hydrogen-bond acceptors (Lipinski definition) is 5. The van der Waals surface area contributed by atoms with Crippen LogP contribution in [0.1, 0.15) is 12.0 Å². The van der Waals surface area contributed by atoms with Crippen LogP contribution in [-0.4, -0.2) is 20.6 Å². The van der Waals surface area contributed by atoms with Crippen molar-refractivity contribution in [3.05, 3.63) is 76.6 Å². The van der Waals surface area contributed by atoms with E-state index in [0.717, 1.165) is 17.5 Å². The summed E-state index contributed by atoms with van der Waals surface area (Å²) in [5.74, 6) is 1.21. The van der Waals surface area contributed by atoms with Gasteiger partial charge in [-0.05, 0) is 48.9 Å². The van der Waals surface area contributed by atoms with E-state index in [4.69, 9.17) is 4.74 Å². The van der Waals surface area contributed by atoms with Crippen LogP contribution in [0.4, 0.5) is 11.4 Å². The van der Waals surface area contributed by atoms with Gasteiger partial charge < -0.3 is 10.1 Å². The number of amides is 1. The molecule has 8 nitrogen and oxygen atoms in total. The minimum Gasteiger partial charge on any atom is -0.457 e. The van der Waals surface area contributed by atoms with E-state index in [1.54, 1.807) is 24.3 Å². The molecule has 0 unspecified atom stereocenters. The molecule has 0 fully saturated rings. The fraction of sp³-hybridized carbons (Fsp3) is 0.158. The molecule has 0 radical (unpaired) electrons. The van der Waals surface area contributed by atoms with Gasteiger partial charge >= 0.3 is 5.69 Å². The lowest BCUT2D eigenvalue weighted by atomic mass is 10.2. The van der Waals surface area contributed by atoms with Crippen molar-refractivity contribution in [2.75, 3.05) is 5.32 Å². The van der Waals surface area contributed by atoms with E-state index in [1.165, 1.54) is 10.9 Å². The topological polar surface area (TPSA) is 99.3 Å². The van der Waals surface area contributed by atoms with Gasteiger partial charge in [0.15, 0.2) is 0 Å². The van der Waals surface area contributed by atoms with Crippen molar-refractivity contribution in [2.45, 2.75) is 19.9 Å². The van der Waals surface area contributed by atoms with Gasteiger partial charge in [0.05, 0.1) is 4.92 Å². The molecule has 1 amide bonds. The Labute approximate surface area is 155 Å². The van der Waals surface area contributed by atoms with Crippen LogP contribution in [0.15, 0.2) is 60.9 Å². The molecule has 0 spiro atoms. The Morgan fingerprint density at radius 3 is 2.67 bits per heavy atom. The van der Waals surface area contributed by atoms with E-state index in [9.17, 15) is 14.9 Å². The maximum Gasteiger partial charge on any atom is 0.306 e. The van der Waals surface area contributed by atoms with Gasteiger partial charge in [-0.15, -0.1) is 0 Å². The molecular weight excluding hydrogens is 348 g/mol. The number of aryl methyl sites for hydroxylation is 2. The smallest absolute Gasteiger partial charge is 0.306 e. The molecule has 3 aromatic rings. The Hall–Kier alpha value is -3.68. The van der Waals surface area contributed by atoms with E-state index in [1.807, 2.05) is 31.2 Å². The first kappa shape index (κ1) is 18.1. The highest BCUT2D eigenvalue weighted by Gasteiger charge is 2.10. The molecule has 2 aromatic carbocycles. The number of rotatable bonds is 7. The number of carbonyl (C=O) groups excluding carboxylic acids is 1. The van der Waals surface area contributed by atoms with Crippen molar-refractivity contribution in [1.29, 1.82) is 0 Å². The summed E-state index contributed by atoms with van der Waals surface area (Å²) in [5.41, 5.74) is 1.65. The fourth-order valence-corrected chi connectivity index (χ4v) is 2.43. The summed E-state index contributed by atoms with van der Waals surface area (Å²) in [6, 6.07) is 14.8. The largest absolute Gasteiger partial charge is 0.457 e. The Balaban J connectivity index is 1.51. The molecule has 0 saturated carbocycles. The first-order valence-electron chi connectivity index (χ1n) is 8.31. The van der Waals surface area contributed by atoms with Crippen LogP contribution in [-0.2, 0) is 11.3 Å². The Kier molecular flexibility index (Phi) is 5.46. The Bertz CT molecular complexity index is 950. The molecule has 0 aliphatic heterocycles. The molecule has 0 saturated heterocycles. The van der Waals surface area contributed by atoms with Crippen LogP contribution in [0.25, 0.3) is 0 Å². The molecule has 1 heterocycles. The molecule has 3 rings (SSSR count). The number of nitro groups is 1. The first-order chi connectivity index (χ1) is 13.0. The number of nitrogens with one attached hydrogen (secondary N) is 1. The number of anilines is 1. The minimum atomic E-state index is -0.524. The van der Waals surface area contributed by atoms with Gasteiger partial charge in [-0.2, -0.15) is 5.10 Å². The minimum absolute atomic E-state index is 0.0976. The lowest BCUT2D eigenvalue weighted by Crippen LogP contribution is -2.14. The molecule has 27 heavy (non-hydrogen) atoms. The third-order valence-corrected chi connectivity index (χ3v) is 3.76. The van der Waals surface area contributed by atoms with Gasteiger partial charge in [0.25, 0.3) is 0 Å². The van der Waals surface area contributed by atoms with E-state index in [2.05, 4.69) is 10.4 Å². The average Bonchev–Trinajstić information content (AvgIpc) is 3.11. The van der Waals surface area contributed by atoms with Crippen LogP contribution >= 0.6 is 0 Å². The van der Waals surface area contributed by atoms with Crippen LogP contribution in [0.2, 0.25) is 0 Å². The van der Waals surface area contributed by atoms with Crippen molar-refractivity contribution in [3.63, 3.8) is 0 Å². The third kappa shape index (κ3) is 5.15. The second-order valence-corrected chi connectivity index (χ2v) is 5.96. The molecule has 0 aliphatic carbocycles. The molecule has 1 aromatic heterocycles. The van der Waals surface area contributed by atoms with Crippen molar-refractivity contribution in [1.82, 2.24) is 9.78 Å².